The minimum atomic E-state index is 0.653. The third kappa shape index (κ3) is 1.98. The molecule has 0 aliphatic rings. The lowest BCUT2D eigenvalue weighted by atomic mass is 10.3. The number of para-hydroxylation sites is 1. The molecule has 0 atom stereocenters. The molecule has 0 fully saturated rings. The van der Waals surface area contributed by atoms with Crippen molar-refractivity contribution in [3.05, 3.63) is 55.8 Å². The maximum Gasteiger partial charge on any atom is 0.182 e. The van der Waals surface area contributed by atoms with Crippen LogP contribution >= 0.6 is 46.4 Å². The molecule has 2 nitrogen and oxygen atoms in total. The minimum Gasteiger partial charge on any atom is -0.330 e. The van der Waals surface area contributed by atoms with E-state index in [1.807, 2.05) is 41.0 Å². The molecule has 0 saturated heterocycles. The zero-order valence-corrected chi connectivity index (χ0v) is 12.9. The van der Waals surface area contributed by atoms with Crippen LogP contribution in [0.5, 0.6) is 0 Å². The van der Waals surface area contributed by atoms with Gasteiger partial charge in [-0.15, -0.1) is 0 Å². The highest BCUT2D eigenvalue weighted by Crippen LogP contribution is 2.26. The number of aromatic amines is 1. The average Bonchev–Trinajstić information content (AvgIpc) is 2.67. The van der Waals surface area contributed by atoms with Crippen LogP contribution in [-0.4, -0.2) is 9.55 Å². The Hall–Kier alpha value is -0.850. The minimum absolute atomic E-state index is 0.653. The van der Waals surface area contributed by atoms with Crippen molar-refractivity contribution in [1.82, 2.24) is 9.55 Å². The van der Waals surface area contributed by atoms with E-state index in [2.05, 4.69) is 33.6 Å². The summed E-state index contributed by atoms with van der Waals surface area (Å²) in [7, 11) is 0. The van der Waals surface area contributed by atoms with Crippen LogP contribution in [0.2, 0.25) is 5.02 Å². The van der Waals surface area contributed by atoms with Crippen molar-refractivity contribution in [3.8, 4) is 5.69 Å². The summed E-state index contributed by atoms with van der Waals surface area (Å²) in [6.07, 6.45) is 0. The van der Waals surface area contributed by atoms with Crippen molar-refractivity contribution >= 4 is 57.4 Å². The van der Waals surface area contributed by atoms with E-state index in [1.165, 1.54) is 0 Å². The van der Waals surface area contributed by atoms with Crippen LogP contribution in [0.15, 0.2) is 42.5 Å². The Labute approximate surface area is 128 Å². The Morgan fingerprint density at radius 1 is 1.17 bits per heavy atom. The van der Waals surface area contributed by atoms with Gasteiger partial charge in [-0.2, -0.15) is 0 Å². The monoisotopic (exact) mass is 386 g/mol. The molecule has 0 unspecified atom stereocenters. The fraction of sp³-hybridized carbons (Fsp3) is 0. The molecule has 0 amide bonds. The lowest BCUT2D eigenvalue weighted by molar-refractivity contribution is 1.06. The van der Waals surface area contributed by atoms with Crippen molar-refractivity contribution in [1.29, 1.82) is 0 Å². The molecular weight excluding hydrogens is 379 g/mol. The molecule has 1 aromatic heterocycles. The van der Waals surface area contributed by atoms with Crippen LogP contribution in [-0.2, 0) is 0 Å². The van der Waals surface area contributed by atoms with Crippen LogP contribution in [0, 0.1) is 8.34 Å². The topological polar surface area (TPSA) is 20.7 Å². The first-order chi connectivity index (χ1) is 8.66. The second-order valence-electron chi connectivity index (χ2n) is 3.88. The molecule has 0 spiro atoms. The van der Waals surface area contributed by atoms with E-state index in [0.717, 1.165) is 20.3 Å². The number of fused-ring (bicyclic) bond motifs is 1. The zero-order chi connectivity index (χ0) is 12.7. The summed E-state index contributed by atoms with van der Waals surface area (Å²) in [5.74, 6) is 0. The Morgan fingerprint density at radius 2 is 1.94 bits per heavy atom. The summed E-state index contributed by atoms with van der Waals surface area (Å²) in [6, 6.07) is 13.9. The molecule has 0 saturated carbocycles. The Bertz CT molecular complexity index is 791. The van der Waals surface area contributed by atoms with E-state index in [0.29, 0.717) is 9.79 Å². The quantitative estimate of drug-likeness (QED) is 0.464. The van der Waals surface area contributed by atoms with Gasteiger partial charge in [-0.25, -0.2) is 0 Å². The van der Waals surface area contributed by atoms with Crippen LogP contribution < -0.4 is 0 Å². The number of nitrogens with zero attached hydrogens (tertiary/aromatic N) is 1. The first-order valence-electron chi connectivity index (χ1n) is 5.32. The van der Waals surface area contributed by atoms with Gasteiger partial charge < -0.3 is 4.98 Å². The van der Waals surface area contributed by atoms with Gasteiger partial charge in [0.2, 0.25) is 0 Å². The highest BCUT2D eigenvalue weighted by Gasteiger charge is 2.09. The molecule has 1 N–H and O–H groups in total. The third-order valence-electron chi connectivity index (χ3n) is 2.72. The van der Waals surface area contributed by atoms with E-state index >= 15 is 0 Å². The van der Waals surface area contributed by atoms with E-state index < -0.39 is 0 Å². The van der Waals surface area contributed by atoms with Crippen molar-refractivity contribution < 1.29 is 0 Å². The van der Waals surface area contributed by atoms with Crippen molar-refractivity contribution in [2.75, 3.05) is 0 Å². The molecule has 0 radical (unpaired) electrons. The largest absolute Gasteiger partial charge is 0.330 e. The van der Waals surface area contributed by atoms with Crippen LogP contribution in [0.4, 0.5) is 0 Å². The number of aromatic nitrogens is 2. The highest BCUT2D eigenvalue weighted by atomic mass is 127. The Kier molecular flexibility index (Phi) is 3.17. The first-order valence-corrected chi connectivity index (χ1v) is 7.18. The third-order valence-corrected chi connectivity index (χ3v) is 3.98. The highest BCUT2D eigenvalue weighted by molar-refractivity contribution is 14.1. The lowest BCUT2D eigenvalue weighted by Crippen LogP contribution is -1.94. The normalized spacial score (nSPS) is 11.0. The van der Waals surface area contributed by atoms with Crippen LogP contribution in [0.3, 0.4) is 0 Å². The van der Waals surface area contributed by atoms with E-state index in [9.17, 15) is 0 Å². The lowest BCUT2D eigenvalue weighted by Gasteiger charge is -2.06. The summed E-state index contributed by atoms with van der Waals surface area (Å²) >= 11 is 13.9. The molecule has 0 aliphatic heterocycles. The predicted molar refractivity (Wildman–Crippen MR) is 86.2 cm³/mol. The van der Waals surface area contributed by atoms with Crippen molar-refractivity contribution in [3.63, 3.8) is 0 Å². The molecule has 18 heavy (non-hydrogen) atoms. The summed E-state index contributed by atoms with van der Waals surface area (Å²) < 4.78 is 3.78. The molecule has 2 aromatic carbocycles. The van der Waals surface area contributed by atoms with E-state index in [-0.39, 0.29) is 0 Å². The zero-order valence-electron chi connectivity index (χ0n) is 9.15. The summed E-state index contributed by atoms with van der Waals surface area (Å²) in [5.41, 5.74) is 2.89. The fourth-order valence-corrected chi connectivity index (χ4v) is 3.07. The average molecular weight is 387 g/mol. The predicted octanol–water partition coefficient (Wildman–Crippen LogP) is 4.95. The summed E-state index contributed by atoms with van der Waals surface area (Å²) in [4.78, 5) is 3.18. The van der Waals surface area contributed by atoms with Crippen molar-refractivity contribution in [2.45, 2.75) is 0 Å². The van der Waals surface area contributed by atoms with Crippen molar-refractivity contribution in [2.24, 2.45) is 0 Å². The van der Waals surface area contributed by atoms with Gasteiger partial charge in [0, 0.05) is 9.26 Å². The van der Waals surface area contributed by atoms with Crippen LogP contribution in [0.25, 0.3) is 16.7 Å². The van der Waals surface area contributed by atoms with Crippen LogP contribution in [0.1, 0.15) is 0 Å². The van der Waals surface area contributed by atoms with Gasteiger partial charge in [-0.3, -0.25) is 4.57 Å². The number of nitrogens with one attached hydrogen (secondary N) is 1. The van der Waals surface area contributed by atoms with E-state index in [4.69, 9.17) is 23.8 Å². The second-order valence-corrected chi connectivity index (χ2v) is 5.92. The Balaban J connectivity index is 2.42. The number of imidazole rings is 1. The van der Waals surface area contributed by atoms with E-state index in [1.54, 1.807) is 0 Å². The molecule has 1 heterocycles. The molecule has 3 aromatic rings. The van der Waals surface area contributed by atoms with Gasteiger partial charge in [0.25, 0.3) is 0 Å². The van der Waals surface area contributed by atoms with Gasteiger partial charge in [0.1, 0.15) is 0 Å². The number of hydrogen-bond acceptors (Lipinski definition) is 1. The number of benzene rings is 2. The van der Waals surface area contributed by atoms with Gasteiger partial charge in [0.15, 0.2) is 4.77 Å². The first kappa shape index (κ1) is 12.2. The molecule has 0 aliphatic carbocycles. The van der Waals surface area contributed by atoms with Gasteiger partial charge in [-0.1, -0.05) is 23.7 Å². The number of halogens is 2. The maximum absolute atomic E-state index is 6.28. The molecule has 90 valence electrons. The van der Waals surface area contributed by atoms with Gasteiger partial charge in [-0.05, 0) is 65.1 Å². The summed E-state index contributed by atoms with van der Waals surface area (Å²) in [5, 5.41) is 0.693. The molecule has 5 heteroatoms. The summed E-state index contributed by atoms with van der Waals surface area (Å²) in [6.45, 7) is 0. The maximum atomic E-state index is 6.28. The number of H-pyrrole nitrogens is 1. The van der Waals surface area contributed by atoms with Gasteiger partial charge >= 0.3 is 0 Å². The molecular formula is C13H8ClIN2S. The fourth-order valence-electron chi connectivity index (χ4n) is 1.98. The second kappa shape index (κ2) is 4.68. The van der Waals surface area contributed by atoms with Gasteiger partial charge in [0.05, 0.1) is 16.1 Å². The standard InChI is InChI=1S/C13H8ClIN2S/c14-10-5-2-6-11-12(10)17(13(18)16-11)9-4-1-3-8(15)7-9/h1-7H,(H,16,18). The molecule has 0 bridgehead atoms. The molecule has 3 rings (SSSR count). The number of rotatable bonds is 1. The number of hydrogen-bond donors (Lipinski definition) is 1. The smallest absolute Gasteiger partial charge is 0.182 e. The Morgan fingerprint density at radius 3 is 2.72 bits per heavy atom. The SMILES string of the molecule is S=c1[nH]c2cccc(Cl)c2n1-c1cccc(I)c1.